The van der Waals surface area contributed by atoms with Gasteiger partial charge in [-0.05, 0) is 43.7 Å². The molecule has 1 atom stereocenters. The number of amides is 1. The highest BCUT2D eigenvalue weighted by molar-refractivity contribution is 7.91. The van der Waals surface area contributed by atoms with Gasteiger partial charge in [-0.2, -0.15) is 4.31 Å². The van der Waals surface area contributed by atoms with Gasteiger partial charge in [-0.25, -0.2) is 8.42 Å². The summed E-state index contributed by atoms with van der Waals surface area (Å²) in [5.74, 6) is 0.428. The lowest BCUT2D eigenvalue weighted by atomic mass is 10.2. The Hall–Kier alpha value is -0.670. The van der Waals surface area contributed by atoms with Crippen LogP contribution in [-0.4, -0.2) is 44.3 Å². The zero-order valence-corrected chi connectivity index (χ0v) is 15.9. The van der Waals surface area contributed by atoms with Crippen molar-refractivity contribution >= 4 is 39.7 Å². The number of nitrogens with zero attached hydrogens (tertiary/aromatic N) is 1. The predicted molar refractivity (Wildman–Crippen MR) is 97.0 cm³/mol. The van der Waals surface area contributed by atoms with Crippen molar-refractivity contribution < 1.29 is 13.2 Å². The molecule has 1 aliphatic heterocycles. The molecule has 1 amide bonds. The molecule has 3 N–H and O–H groups in total. The van der Waals surface area contributed by atoms with Crippen LogP contribution in [0.2, 0.25) is 0 Å². The van der Waals surface area contributed by atoms with Crippen molar-refractivity contribution in [2.75, 3.05) is 19.6 Å². The van der Waals surface area contributed by atoms with Gasteiger partial charge in [-0.15, -0.1) is 23.7 Å². The molecule has 1 aromatic heterocycles. The van der Waals surface area contributed by atoms with E-state index < -0.39 is 10.0 Å². The molecule has 2 heterocycles. The monoisotopic (exact) mass is 393 g/mol. The largest absolute Gasteiger partial charge is 0.352 e. The second-order valence-electron chi connectivity index (χ2n) is 6.26. The van der Waals surface area contributed by atoms with Crippen LogP contribution in [0.3, 0.4) is 0 Å². The highest BCUT2D eigenvalue weighted by Crippen LogP contribution is 2.32. The molecule has 1 saturated heterocycles. The molecule has 9 heteroatoms. The third kappa shape index (κ3) is 4.49. The zero-order valence-electron chi connectivity index (χ0n) is 13.4. The van der Waals surface area contributed by atoms with E-state index >= 15 is 0 Å². The number of nitrogens with two attached hydrogens (primary N) is 1. The molecule has 2 aliphatic rings. The van der Waals surface area contributed by atoms with Gasteiger partial charge in [0.15, 0.2) is 0 Å². The van der Waals surface area contributed by atoms with Crippen molar-refractivity contribution in [3.63, 3.8) is 0 Å². The molecule has 1 unspecified atom stereocenters. The van der Waals surface area contributed by atoms with Crippen LogP contribution >= 0.6 is 23.7 Å². The SMILES string of the molecule is Cl.NCC(NC(=O)Cc1ccc(S(=O)(=O)N2CCCC2)s1)C1CC1. The highest BCUT2D eigenvalue weighted by Gasteiger charge is 2.32. The average molecular weight is 394 g/mol. The van der Waals surface area contributed by atoms with Crippen molar-refractivity contribution in [1.29, 1.82) is 0 Å². The third-order valence-corrected chi connectivity index (χ3v) is 7.87. The minimum Gasteiger partial charge on any atom is -0.352 e. The zero-order chi connectivity index (χ0) is 16.4. The summed E-state index contributed by atoms with van der Waals surface area (Å²) in [7, 11) is -3.38. The molecule has 0 aromatic carbocycles. The van der Waals surface area contributed by atoms with Gasteiger partial charge in [0, 0.05) is 30.6 Å². The van der Waals surface area contributed by atoms with Crippen molar-refractivity contribution in [2.24, 2.45) is 11.7 Å². The first kappa shape index (κ1) is 19.7. The van der Waals surface area contributed by atoms with E-state index in [4.69, 9.17) is 5.73 Å². The average Bonchev–Trinajstić information content (AvgIpc) is 3.02. The maximum absolute atomic E-state index is 12.5. The quantitative estimate of drug-likeness (QED) is 0.731. The predicted octanol–water partition coefficient (Wildman–Crippen LogP) is 1.35. The molecular formula is C15H24ClN3O3S2. The Morgan fingerprint density at radius 2 is 2.00 bits per heavy atom. The summed E-state index contributed by atoms with van der Waals surface area (Å²) in [4.78, 5) is 12.9. The molecule has 24 heavy (non-hydrogen) atoms. The number of hydrogen-bond acceptors (Lipinski definition) is 5. The van der Waals surface area contributed by atoms with Crippen LogP contribution < -0.4 is 11.1 Å². The number of hydrogen-bond donors (Lipinski definition) is 2. The van der Waals surface area contributed by atoms with E-state index in [1.54, 1.807) is 12.1 Å². The number of nitrogens with one attached hydrogen (secondary N) is 1. The van der Waals surface area contributed by atoms with Crippen LogP contribution in [0.5, 0.6) is 0 Å². The Balaban J connectivity index is 0.00000208. The minimum absolute atomic E-state index is 0. The van der Waals surface area contributed by atoms with Crippen molar-refractivity contribution in [1.82, 2.24) is 9.62 Å². The fraction of sp³-hybridized carbons (Fsp3) is 0.667. The van der Waals surface area contributed by atoms with Crippen LogP contribution in [0.1, 0.15) is 30.6 Å². The summed E-state index contributed by atoms with van der Waals surface area (Å²) in [5.41, 5.74) is 5.69. The number of rotatable bonds is 7. The second kappa shape index (κ2) is 8.14. The lowest BCUT2D eigenvalue weighted by molar-refractivity contribution is -0.121. The summed E-state index contributed by atoms with van der Waals surface area (Å²) < 4.78 is 26.8. The molecule has 1 aliphatic carbocycles. The van der Waals surface area contributed by atoms with Crippen molar-refractivity contribution in [2.45, 2.75) is 42.4 Å². The van der Waals surface area contributed by atoms with Gasteiger partial charge in [-0.1, -0.05) is 0 Å². The molecule has 3 rings (SSSR count). The number of thiophene rings is 1. The molecule has 136 valence electrons. The van der Waals surface area contributed by atoms with E-state index in [2.05, 4.69) is 5.32 Å². The molecular weight excluding hydrogens is 370 g/mol. The summed E-state index contributed by atoms with van der Waals surface area (Å²) in [6.45, 7) is 1.64. The van der Waals surface area contributed by atoms with Crippen molar-refractivity contribution in [3.8, 4) is 0 Å². The molecule has 2 fully saturated rings. The van der Waals surface area contributed by atoms with Gasteiger partial charge < -0.3 is 11.1 Å². The minimum atomic E-state index is -3.38. The second-order valence-corrected chi connectivity index (χ2v) is 9.59. The molecule has 6 nitrogen and oxygen atoms in total. The van der Waals surface area contributed by atoms with Crippen LogP contribution in [0.4, 0.5) is 0 Å². The van der Waals surface area contributed by atoms with Crippen LogP contribution in [-0.2, 0) is 21.2 Å². The molecule has 1 aromatic rings. The number of halogens is 1. The number of carbonyl (C=O) groups excluding carboxylic acids is 1. The normalized spacial score (nSPS) is 19.7. The smallest absolute Gasteiger partial charge is 0.252 e. The van der Waals surface area contributed by atoms with E-state index in [0.29, 0.717) is 29.8 Å². The van der Waals surface area contributed by atoms with Gasteiger partial charge in [0.1, 0.15) is 4.21 Å². The van der Waals surface area contributed by atoms with E-state index in [0.717, 1.165) is 30.6 Å². The number of sulfonamides is 1. The van der Waals surface area contributed by atoms with Gasteiger partial charge >= 0.3 is 0 Å². The fourth-order valence-corrected chi connectivity index (χ4v) is 5.96. The Bertz CT molecular complexity index is 667. The van der Waals surface area contributed by atoms with Crippen LogP contribution in [0, 0.1) is 5.92 Å². The molecule has 1 saturated carbocycles. The molecule has 0 spiro atoms. The standard InChI is InChI=1S/C15H23N3O3S2.ClH/c16-10-13(11-3-4-11)17-14(19)9-12-5-6-15(22-12)23(20,21)18-7-1-2-8-18;/h5-6,11,13H,1-4,7-10,16H2,(H,17,19);1H. The third-order valence-electron chi connectivity index (χ3n) is 4.42. The summed E-state index contributed by atoms with van der Waals surface area (Å²) in [6, 6.07) is 3.40. The van der Waals surface area contributed by atoms with E-state index in [9.17, 15) is 13.2 Å². The van der Waals surface area contributed by atoms with Crippen LogP contribution in [0.25, 0.3) is 0 Å². The maximum Gasteiger partial charge on any atom is 0.252 e. The molecule has 0 radical (unpaired) electrons. The van der Waals surface area contributed by atoms with Gasteiger partial charge in [0.2, 0.25) is 5.91 Å². The number of carbonyl (C=O) groups is 1. The van der Waals surface area contributed by atoms with E-state index in [1.807, 2.05) is 0 Å². The summed E-state index contributed by atoms with van der Waals surface area (Å²) in [5, 5.41) is 2.96. The highest BCUT2D eigenvalue weighted by atomic mass is 35.5. The Labute approximate surface area is 153 Å². The van der Waals surface area contributed by atoms with E-state index in [1.165, 1.54) is 15.6 Å². The van der Waals surface area contributed by atoms with Gasteiger partial charge in [-0.3, -0.25) is 4.79 Å². The van der Waals surface area contributed by atoms with Crippen LogP contribution in [0.15, 0.2) is 16.3 Å². The first-order chi connectivity index (χ1) is 11.0. The Morgan fingerprint density at radius 1 is 1.33 bits per heavy atom. The van der Waals surface area contributed by atoms with E-state index in [-0.39, 0.29) is 30.8 Å². The fourth-order valence-electron chi connectivity index (χ4n) is 2.93. The van der Waals surface area contributed by atoms with Gasteiger partial charge in [0.05, 0.1) is 6.42 Å². The lowest BCUT2D eigenvalue weighted by Gasteiger charge is -2.15. The first-order valence-electron chi connectivity index (χ1n) is 8.09. The topological polar surface area (TPSA) is 92.5 Å². The summed E-state index contributed by atoms with van der Waals surface area (Å²) >= 11 is 1.19. The lowest BCUT2D eigenvalue weighted by Crippen LogP contribution is -2.42. The Kier molecular flexibility index (Phi) is 6.66. The van der Waals surface area contributed by atoms with Crippen molar-refractivity contribution in [3.05, 3.63) is 17.0 Å². The first-order valence-corrected chi connectivity index (χ1v) is 10.3. The maximum atomic E-state index is 12.5. The molecule has 0 bridgehead atoms. The van der Waals surface area contributed by atoms with Gasteiger partial charge in [0.25, 0.3) is 10.0 Å². The Morgan fingerprint density at radius 3 is 2.58 bits per heavy atom. The summed E-state index contributed by atoms with van der Waals surface area (Å²) in [6.07, 6.45) is 4.30.